The number of halogens is 1. The minimum atomic E-state index is 0.000659. The van der Waals surface area contributed by atoms with E-state index in [1.165, 1.54) is 0 Å². The molecule has 0 atom stereocenters. The molecular formula is C21H15ClO2. The Balaban J connectivity index is 2.01. The lowest BCUT2D eigenvalue weighted by Crippen LogP contribution is -2.02. The maximum atomic E-state index is 12.8. The lowest BCUT2D eigenvalue weighted by atomic mass is 9.97. The van der Waals surface area contributed by atoms with Crippen molar-refractivity contribution < 1.29 is 4.42 Å². The summed E-state index contributed by atoms with van der Waals surface area (Å²) in [5, 5.41) is 1.93. The number of hydrogen-bond acceptors (Lipinski definition) is 2. The second-order valence-corrected chi connectivity index (χ2v) is 6.23. The summed E-state index contributed by atoms with van der Waals surface area (Å²) in [5.41, 5.74) is 4.47. The summed E-state index contributed by atoms with van der Waals surface area (Å²) in [4.78, 5) is 12.8. The van der Waals surface area contributed by atoms with Gasteiger partial charge in [0.05, 0.1) is 10.8 Å². The van der Waals surface area contributed by atoms with E-state index in [1.54, 1.807) is 6.07 Å². The van der Waals surface area contributed by atoms with Crippen LogP contribution in [0.3, 0.4) is 0 Å². The molecule has 2 nitrogen and oxygen atoms in total. The average Bonchev–Trinajstić information content (AvgIpc) is 2.62. The molecule has 0 unspecified atom stereocenters. The minimum Gasteiger partial charge on any atom is -0.456 e. The normalized spacial score (nSPS) is 11.2. The summed E-state index contributed by atoms with van der Waals surface area (Å²) >= 11 is 6.10. The van der Waals surface area contributed by atoms with Crippen LogP contribution in [0, 0.1) is 0 Å². The predicted molar refractivity (Wildman–Crippen MR) is 99.8 cm³/mol. The summed E-state index contributed by atoms with van der Waals surface area (Å²) in [6.07, 6.45) is 0.875. The third-order valence-corrected chi connectivity index (χ3v) is 4.57. The van der Waals surface area contributed by atoms with Crippen LogP contribution in [0.4, 0.5) is 0 Å². The largest absolute Gasteiger partial charge is 0.456 e. The minimum absolute atomic E-state index is 0.000659. The Bertz CT molecular complexity index is 1130. The van der Waals surface area contributed by atoms with Crippen LogP contribution in [-0.2, 0) is 6.42 Å². The van der Waals surface area contributed by atoms with E-state index in [1.807, 2.05) is 54.6 Å². The van der Waals surface area contributed by atoms with Crippen LogP contribution >= 0.6 is 11.6 Å². The van der Waals surface area contributed by atoms with Gasteiger partial charge in [-0.15, -0.1) is 0 Å². The lowest BCUT2D eigenvalue weighted by Gasteiger charge is -2.10. The van der Waals surface area contributed by atoms with Crippen molar-refractivity contribution in [2.24, 2.45) is 0 Å². The van der Waals surface area contributed by atoms with Gasteiger partial charge in [0.1, 0.15) is 11.2 Å². The molecule has 1 aromatic heterocycles. The van der Waals surface area contributed by atoms with Crippen LogP contribution in [-0.4, -0.2) is 0 Å². The number of para-hydroxylation sites is 1. The summed E-state index contributed by atoms with van der Waals surface area (Å²) in [5.74, 6) is 0. The van der Waals surface area contributed by atoms with Crippen LogP contribution in [0.15, 0.2) is 69.9 Å². The van der Waals surface area contributed by atoms with Gasteiger partial charge in [0, 0.05) is 5.02 Å². The first-order chi connectivity index (χ1) is 11.7. The van der Waals surface area contributed by atoms with Gasteiger partial charge in [0.15, 0.2) is 0 Å². The summed E-state index contributed by atoms with van der Waals surface area (Å²) in [6.45, 7) is 2.10. The molecule has 4 rings (SSSR count). The van der Waals surface area contributed by atoms with E-state index in [-0.39, 0.29) is 5.43 Å². The summed E-state index contributed by atoms with van der Waals surface area (Å²) in [6, 6.07) is 19.0. The number of aryl methyl sites for hydroxylation is 1. The third-order valence-electron chi connectivity index (χ3n) is 4.33. The monoisotopic (exact) mass is 334 g/mol. The zero-order chi connectivity index (χ0) is 16.7. The molecule has 0 amide bonds. The molecule has 0 spiro atoms. The van der Waals surface area contributed by atoms with Crippen LogP contribution in [0.5, 0.6) is 0 Å². The highest BCUT2D eigenvalue weighted by atomic mass is 35.5. The van der Waals surface area contributed by atoms with E-state index in [2.05, 4.69) is 6.92 Å². The lowest BCUT2D eigenvalue weighted by molar-refractivity contribution is 0.660. The number of hydrogen-bond donors (Lipinski definition) is 0. The molecule has 4 aromatic rings. The van der Waals surface area contributed by atoms with Gasteiger partial charge in [-0.3, -0.25) is 4.79 Å². The van der Waals surface area contributed by atoms with Crippen molar-refractivity contribution in [1.29, 1.82) is 0 Å². The topological polar surface area (TPSA) is 30.2 Å². The van der Waals surface area contributed by atoms with Crippen LogP contribution in [0.2, 0.25) is 5.02 Å². The van der Waals surface area contributed by atoms with Gasteiger partial charge in [-0.2, -0.15) is 0 Å². The van der Waals surface area contributed by atoms with E-state index in [0.717, 1.165) is 28.1 Å². The fourth-order valence-corrected chi connectivity index (χ4v) is 3.30. The van der Waals surface area contributed by atoms with Gasteiger partial charge in [0.2, 0.25) is 5.43 Å². The summed E-state index contributed by atoms with van der Waals surface area (Å²) in [7, 11) is 0. The molecule has 0 bridgehead atoms. The Labute approximate surface area is 144 Å². The standard InChI is InChI=1S/C21H15ClO2/c1-2-13-11-15(22)8-9-16(13)14-7-10-20-18(12-14)21(23)17-5-3-4-6-19(17)24-20/h3-12H,2H2,1H3. The fraction of sp³-hybridized carbons (Fsp3) is 0.0952. The van der Waals surface area contributed by atoms with E-state index in [9.17, 15) is 4.79 Å². The van der Waals surface area contributed by atoms with Crippen molar-refractivity contribution in [1.82, 2.24) is 0 Å². The molecule has 0 saturated carbocycles. The molecule has 118 valence electrons. The SMILES string of the molecule is CCc1cc(Cl)ccc1-c1ccc2oc3ccccc3c(=O)c2c1. The van der Waals surface area contributed by atoms with Gasteiger partial charge in [-0.25, -0.2) is 0 Å². The highest BCUT2D eigenvalue weighted by molar-refractivity contribution is 6.30. The average molecular weight is 335 g/mol. The van der Waals surface area contributed by atoms with Crippen molar-refractivity contribution in [2.75, 3.05) is 0 Å². The van der Waals surface area contributed by atoms with Crippen LogP contribution in [0.25, 0.3) is 33.1 Å². The predicted octanol–water partition coefficient (Wildman–Crippen LogP) is 5.83. The molecule has 0 radical (unpaired) electrons. The van der Waals surface area contributed by atoms with Crippen molar-refractivity contribution >= 4 is 33.5 Å². The van der Waals surface area contributed by atoms with Crippen molar-refractivity contribution in [3.05, 3.63) is 81.5 Å². The highest BCUT2D eigenvalue weighted by Gasteiger charge is 2.10. The van der Waals surface area contributed by atoms with Crippen LogP contribution in [0.1, 0.15) is 12.5 Å². The zero-order valence-corrected chi connectivity index (χ0v) is 13.9. The Morgan fingerprint density at radius 1 is 0.917 bits per heavy atom. The van der Waals surface area contributed by atoms with Crippen molar-refractivity contribution in [2.45, 2.75) is 13.3 Å². The Hall–Kier alpha value is -2.58. The molecule has 0 N–H and O–H groups in total. The maximum absolute atomic E-state index is 12.8. The van der Waals surface area contributed by atoms with Crippen LogP contribution < -0.4 is 5.43 Å². The van der Waals surface area contributed by atoms with Gasteiger partial charge in [0.25, 0.3) is 0 Å². The van der Waals surface area contributed by atoms with Gasteiger partial charge < -0.3 is 4.42 Å². The summed E-state index contributed by atoms with van der Waals surface area (Å²) < 4.78 is 5.87. The molecule has 1 heterocycles. The van der Waals surface area contributed by atoms with E-state index in [4.69, 9.17) is 16.0 Å². The van der Waals surface area contributed by atoms with Gasteiger partial charge in [-0.1, -0.05) is 42.8 Å². The fourth-order valence-electron chi connectivity index (χ4n) is 3.11. The number of benzene rings is 3. The van der Waals surface area contributed by atoms with Crippen molar-refractivity contribution in [3.8, 4) is 11.1 Å². The molecule has 0 saturated heterocycles. The van der Waals surface area contributed by atoms with Gasteiger partial charge in [-0.05, 0) is 59.5 Å². The molecule has 0 aliphatic rings. The number of rotatable bonds is 2. The second kappa shape index (κ2) is 5.81. The smallest absolute Gasteiger partial charge is 0.200 e. The van der Waals surface area contributed by atoms with E-state index >= 15 is 0 Å². The Morgan fingerprint density at radius 2 is 1.71 bits per heavy atom. The molecule has 3 aromatic carbocycles. The highest BCUT2D eigenvalue weighted by Crippen LogP contribution is 2.29. The zero-order valence-electron chi connectivity index (χ0n) is 13.2. The van der Waals surface area contributed by atoms with E-state index in [0.29, 0.717) is 21.9 Å². The quantitative estimate of drug-likeness (QED) is 0.432. The second-order valence-electron chi connectivity index (χ2n) is 5.79. The first-order valence-corrected chi connectivity index (χ1v) is 8.29. The Kier molecular flexibility index (Phi) is 3.62. The molecule has 0 fully saturated rings. The Morgan fingerprint density at radius 3 is 2.54 bits per heavy atom. The first kappa shape index (κ1) is 15.0. The third kappa shape index (κ3) is 2.40. The molecule has 0 aliphatic heterocycles. The molecule has 24 heavy (non-hydrogen) atoms. The van der Waals surface area contributed by atoms with Gasteiger partial charge >= 0.3 is 0 Å². The first-order valence-electron chi connectivity index (χ1n) is 7.92. The molecular weight excluding hydrogens is 320 g/mol. The van der Waals surface area contributed by atoms with E-state index < -0.39 is 0 Å². The number of fused-ring (bicyclic) bond motifs is 2. The maximum Gasteiger partial charge on any atom is 0.200 e. The van der Waals surface area contributed by atoms with Crippen molar-refractivity contribution in [3.63, 3.8) is 0 Å². The molecule has 3 heteroatoms. The molecule has 0 aliphatic carbocycles.